The normalized spacial score (nSPS) is 20.0. The molecule has 1 aliphatic rings. The number of hydrogen-bond donors (Lipinski definition) is 2. The van der Waals surface area contributed by atoms with Gasteiger partial charge < -0.3 is 10.6 Å². The number of aromatic nitrogens is 1. The molecule has 1 aliphatic heterocycles. The van der Waals surface area contributed by atoms with Crippen molar-refractivity contribution in [2.45, 2.75) is 40.3 Å². The molecule has 0 aliphatic carbocycles. The Bertz CT molecular complexity index is 825. The summed E-state index contributed by atoms with van der Waals surface area (Å²) in [6.45, 7) is 9.66. The van der Waals surface area contributed by atoms with Crippen molar-refractivity contribution in [3.63, 3.8) is 0 Å². The Hall–Kier alpha value is -2.25. The zero-order chi connectivity index (χ0) is 20.1. The van der Waals surface area contributed by atoms with Crippen LogP contribution in [-0.4, -0.2) is 34.8 Å². The largest absolute Gasteiger partial charge is 0.347 e. The van der Waals surface area contributed by atoms with E-state index in [9.17, 15) is 9.59 Å². The fourth-order valence-corrected chi connectivity index (χ4v) is 4.64. The second kappa shape index (κ2) is 9.30. The van der Waals surface area contributed by atoms with Gasteiger partial charge in [0, 0.05) is 38.5 Å². The van der Waals surface area contributed by atoms with Crippen LogP contribution < -0.4 is 10.6 Å². The summed E-state index contributed by atoms with van der Waals surface area (Å²) in [5.41, 5.74) is 2.70. The summed E-state index contributed by atoms with van der Waals surface area (Å²) in [6, 6.07) is 8.26. The summed E-state index contributed by atoms with van der Waals surface area (Å²) in [5.74, 6) is 1.01. The van der Waals surface area contributed by atoms with Crippen LogP contribution in [0.5, 0.6) is 0 Å². The number of benzene rings is 1. The van der Waals surface area contributed by atoms with Crippen LogP contribution in [-0.2, 0) is 17.9 Å². The molecule has 0 saturated carbocycles. The van der Waals surface area contributed by atoms with Crippen LogP contribution in [0.1, 0.15) is 48.8 Å². The highest BCUT2D eigenvalue weighted by Gasteiger charge is 2.22. The Balaban J connectivity index is 1.61. The number of anilines is 1. The number of amides is 2. The van der Waals surface area contributed by atoms with Gasteiger partial charge in [-0.3, -0.25) is 14.5 Å². The molecule has 0 unspecified atom stereocenters. The molecule has 28 heavy (non-hydrogen) atoms. The van der Waals surface area contributed by atoms with E-state index in [-0.39, 0.29) is 11.8 Å². The number of nitrogens with zero attached hydrogens (tertiary/aromatic N) is 2. The topological polar surface area (TPSA) is 74.3 Å². The molecular formula is C21H28N4O2S. The van der Waals surface area contributed by atoms with E-state index in [4.69, 9.17) is 0 Å². The second-order valence-corrected chi connectivity index (χ2v) is 8.67. The predicted molar refractivity (Wildman–Crippen MR) is 112 cm³/mol. The maximum atomic E-state index is 12.4. The van der Waals surface area contributed by atoms with Gasteiger partial charge in [-0.2, -0.15) is 0 Å². The summed E-state index contributed by atoms with van der Waals surface area (Å²) in [5, 5.41) is 7.64. The van der Waals surface area contributed by atoms with E-state index in [1.54, 1.807) is 5.38 Å². The highest BCUT2D eigenvalue weighted by Crippen LogP contribution is 2.23. The van der Waals surface area contributed by atoms with Gasteiger partial charge in [-0.1, -0.05) is 38.1 Å². The Morgan fingerprint density at radius 1 is 1.18 bits per heavy atom. The number of carbonyl (C=O) groups is 2. The molecule has 1 aromatic carbocycles. The molecule has 2 heterocycles. The van der Waals surface area contributed by atoms with Gasteiger partial charge in [-0.15, -0.1) is 11.3 Å². The zero-order valence-corrected chi connectivity index (χ0v) is 17.5. The van der Waals surface area contributed by atoms with Gasteiger partial charge in [-0.25, -0.2) is 4.98 Å². The van der Waals surface area contributed by atoms with Crippen LogP contribution in [0, 0.1) is 11.8 Å². The zero-order valence-electron chi connectivity index (χ0n) is 16.7. The van der Waals surface area contributed by atoms with Crippen molar-refractivity contribution < 1.29 is 9.59 Å². The number of piperidine rings is 1. The molecule has 1 saturated heterocycles. The van der Waals surface area contributed by atoms with Gasteiger partial charge in [-0.05, 0) is 29.4 Å². The molecule has 150 valence electrons. The predicted octanol–water partition coefficient (Wildman–Crippen LogP) is 3.51. The standard InChI is InChI=1S/C21H28N4O2S/c1-14-8-15(2)11-25(10-14)12-18-7-5-4-6-17(18)9-22-20(27)19-13-28-21(24-19)23-16(3)26/h4-7,13-15H,8-12H2,1-3H3,(H,22,27)(H,23,24,26)/t14-,15-/m1/s1. The molecule has 1 fully saturated rings. The van der Waals surface area contributed by atoms with Gasteiger partial charge in [0.1, 0.15) is 5.69 Å². The minimum atomic E-state index is -0.233. The van der Waals surface area contributed by atoms with E-state index in [2.05, 4.69) is 52.6 Å². The third-order valence-electron chi connectivity index (χ3n) is 4.92. The Morgan fingerprint density at radius 3 is 2.54 bits per heavy atom. The highest BCUT2D eigenvalue weighted by atomic mass is 32.1. The lowest BCUT2D eigenvalue weighted by Crippen LogP contribution is -2.38. The van der Waals surface area contributed by atoms with E-state index in [0.29, 0.717) is 17.4 Å². The van der Waals surface area contributed by atoms with Gasteiger partial charge in [0.2, 0.25) is 5.91 Å². The van der Waals surface area contributed by atoms with Crippen molar-refractivity contribution in [3.05, 3.63) is 46.5 Å². The van der Waals surface area contributed by atoms with Crippen molar-refractivity contribution in [2.24, 2.45) is 11.8 Å². The molecule has 0 bridgehead atoms. The second-order valence-electron chi connectivity index (χ2n) is 7.81. The SMILES string of the molecule is CC(=O)Nc1nc(C(=O)NCc2ccccc2CN2C[C@H](C)C[C@@H](C)C2)cs1. The number of nitrogens with one attached hydrogen (secondary N) is 2. The molecule has 2 atom stereocenters. The van der Waals surface area contributed by atoms with Crippen LogP contribution in [0.15, 0.2) is 29.6 Å². The summed E-state index contributed by atoms with van der Waals surface area (Å²) in [7, 11) is 0. The lowest BCUT2D eigenvalue weighted by molar-refractivity contribution is -0.114. The third-order valence-corrected chi connectivity index (χ3v) is 5.67. The molecule has 2 amide bonds. The average Bonchev–Trinajstić information content (AvgIpc) is 3.07. The smallest absolute Gasteiger partial charge is 0.271 e. The van der Waals surface area contributed by atoms with E-state index in [1.165, 1.54) is 30.2 Å². The first-order chi connectivity index (χ1) is 13.4. The molecule has 2 aromatic rings. The first-order valence-corrected chi connectivity index (χ1v) is 10.6. The van der Waals surface area contributed by atoms with Crippen LogP contribution in [0.3, 0.4) is 0 Å². The van der Waals surface area contributed by atoms with Crippen molar-refractivity contribution in [2.75, 3.05) is 18.4 Å². The fraction of sp³-hybridized carbons (Fsp3) is 0.476. The van der Waals surface area contributed by atoms with E-state index in [0.717, 1.165) is 37.0 Å². The summed E-state index contributed by atoms with van der Waals surface area (Å²) >= 11 is 1.24. The first-order valence-electron chi connectivity index (χ1n) is 9.71. The van der Waals surface area contributed by atoms with Gasteiger partial charge >= 0.3 is 0 Å². The van der Waals surface area contributed by atoms with Crippen LogP contribution in [0.2, 0.25) is 0 Å². The monoisotopic (exact) mass is 400 g/mol. The van der Waals surface area contributed by atoms with Gasteiger partial charge in [0.15, 0.2) is 5.13 Å². The Morgan fingerprint density at radius 2 is 1.86 bits per heavy atom. The van der Waals surface area contributed by atoms with Crippen molar-refractivity contribution in [3.8, 4) is 0 Å². The van der Waals surface area contributed by atoms with E-state index in [1.807, 2.05) is 6.07 Å². The maximum absolute atomic E-state index is 12.4. The minimum Gasteiger partial charge on any atom is -0.347 e. The number of rotatable bonds is 6. The summed E-state index contributed by atoms with van der Waals surface area (Å²) < 4.78 is 0. The van der Waals surface area contributed by atoms with Crippen LogP contribution >= 0.6 is 11.3 Å². The maximum Gasteiger partial charge on any atom is 0.271 e. The molecule has 6 nitrogen and oxygen atoms in total. The third kappa shape index (κ3) is 5.62. The molecular weight excluding hydrogens is 372 g/mol. The molecule has 0 radical (unpaired) electrons. The Kier molecular flexibility index (Phi) is 6.80. The molecule has 0 spiro atoms. The van der Waals surface area contributed by atoms with E-state index < -0.39 is 0 Å². The van der Waals surface area contributed by atoms with Crippen LogP contribution in [0.4, 0.5) is 5.13 Å². The van der Waals surface area contributed by atoms with Gasteiger partial charge in [0.05, 0.1) is 0 Å². The summed E-state index contributed by atoms with van der Waals surface area (Å²) in [4.78, 5) is 30.2. The first kappa shape index (κ1) is 20.5. The molecule has 3 rings (SSSR count). The highest BCUT2D eigenvalue weighted by molar-refractivity contribution is 7.14. The number of carbonyl (C=O) groups excluding carboxylic acids is 2. The molecule has 2 N–H and O–H groups in total. The number of hydrogen-bond acceptors (Lipinski definition) is 5. The lowest BCUT2D eigenvalue weighted by Gasteiger charge is -2.35. The quantitative estimate of drug-likeness (QED) is 0.778. The van der Waals surface area contributed by atoms with Gasteiger partial charge in [0.25, 0.3) is 5.91 Å². The Labute approximate surface area is 170 Å². The van der Waals surface area contributed by atoms with E-state index >= 15 is 0 Å². The average molecular weight is 401 g/mol. The van der Waals surface area contributed by atoms with Crippen LogP contribution in [0.25, 0.3) is 0 Å². The van der Waals surface area contributed by atoms with Crippen molar-refractivity contribution in [1.82, 2.24) is 15.2 Å². The fourth-order valence-electron chi connectivity index (χ4n) is 3.90. The minimum absolute atomic E-state index is 0.198. The summed E-state index contributed by atoms with van der Waals surface area (Å²) in [6.07, 6.45) is 1.29. The van der Waals surface area contributed by atoms with Crippen molar-refractivity contribution in [1.29, 1.82) is 0 Å². The number of thiazole rings is 1. The van der Waals surface area contributed by atoms with Crippen molar-refractivity contribution >= 4 is 28.3 Å². The molecule has 7 heteroatoms. The lowest BCUT2D eigenvalue weighted by atomic mass is 9.91. The number of likely N-dealkylation sites (tertiary alicyclic amines) is 1. The molecule has 1 aromatic heterocycles.